The number of aromatic nitrogens is 2. The molecule has 0 spiro atoms. The lowest BCUT2D eigenvalue weighted by atomic mass is 10.2. The predicted octanol–water partition coefficient (Wildman–Crippen LogP) is 5.40. The van der Waals surface area contributed by atoms with Gasteiger partial charge >= 0.3 is 6.18 Å². The number of hydrogen-bond donors (Lipinski definition) is 1. The number of para-hydroxylation sites is 2. The molecule has 0 unspecified atom stereocenters. The number of anilines is 1. The van der Waals surface area contributed by atoms with Crippen molar-refractivity contribution in [3.8, 4) is 0 Å². The van der Waals surface area contributed by atoms with E-state index in [1.54, 1.807) is 36.4 Å². The number of hydrogen-bond acceptors (Lipinski definition) is 4. The maximum Gasteiger partial charge on any atom is 0.437 e. The van der Waals surface area contributed by atoms with Crippen molar-refractivity contribution in [2.75, 3.05) is 5.43 Å². The first-order valence-corrected chi connectivity index (χ1v) is 7.69. The summed E-state index contributed by atoms with van der Waals surface area (Å²) in [5, 5.41) is 4.40. The van der Waals surface area contributed by atoms with Crippen LogP contribution in [-0.4, -0.2) is 16.2 Å². The van der Waals surface area contributed by atoms with Gasteiger partial charge in [-0.1, -0.05) is 41.4 Å². The molecular weight excluding hydrogens is 376 g/mol. The van der Waals surface area contributed by atoms with Crippen molar-refractivity contribution in [2.45, 2.75) is 6.18 Å². The fourth-order valence-corrected chi connectivity index (χ4v) is 2.56. The van der Waals surface area contributed by atoms with Crippen molar-refractivity contribution in [2.24, 2.45) is 5.10 Å². The molecule has 1 aromatic heterocycles. The number of benzene rings is 2. The lowest BCUT2D eigenvalue weighted by Gasteiger charge is -2.11. The monoisotopic (exact) mass is 384 g/mol. The van der Waals surface area contributed by atoms with Gasteiger partial charge in [-0.15, -0.1) is 0 Å². The molecule has 1 N–H and O–H groups in total. The average Bonchev–Trinajstić information content (AvgIpc) is 2.56. The van der Waals surface area contributed by atoms with E-state index in [1.807, 2.05) is 0 Å². The molecular formula is C16H9Cl2F3N4. The van der Waals surface area contributed by atoms with Crippen LogP contribution in [0.1, 0.15) is 11.3 Å². The van der Waals surface area contributed by atoms with Gasteiger partial charge in [-0.05, 0) is 24.3 Å². The molecule has 0 amide bonds. The number of halogens is 5. The van der Waals surface area contributed by atoms with Crippen molar-refractivity contribution in [3.63, 3.8) is 0 Å². The molecule has 9 heteroatoms. The second kappa shape index (κ2) is 6.85. The Morgan fingerprint density at radius 2 is 1.52 bits per heavy atom. The molecule has 0 radical (unpaired) electrons. The summed E-state index contributed by atoms with van der Waals surface area (Å²) < 4.78 is 39.7. The van der Waals surface area contributed by atoms with Gasteiger partial charge in [0.25, 0.3) is 0 Å². The first kappa shape index (κ1) is 17.4. The third kappa shape index (κ3) is 3.83. The van der Waals surface area contributed by atoms with E-state index in [1.165, 1.54) is 12.3 Å². The molecule has 0 aliphatic heterocycles. The SMILES string of the molecule is FC(F)(F)c1nc2ccccc2nc1N/N=C/c1c(Cl)cccc1Cl. The molecule has 1 heterocycles. The predicted molar refractivity (Wildman–Crippen MR) is 92.2 cm³/mol. The highest BCUT2D eigenvalue weighted by atomic mass is 35.5. The second-order valence-corrected chi connectivity index (χ2v) is 5.73. The summed E-state index contributed by atoms with van der Waals surface area (Å²) in [6.45, 7) is 0. The lowest BCUT2D eigenvalue weighted by Crippen LogP contribution is -2.13. The highest BCUT2D eigenvalue weighted by Gasteiger charge is 2.37. The minimum absolute atomic E-state index is 0.138. The Labute approximate surface area is 150 Å². The molecule has 0 saturated heterocycles. The Bertz CT molecular complexity index is 938. The normalized spacial score (nSPS) is 12.0. The Kier molecular flexibility index (Phi) is 4.78. The fourth-order valence-electron chi connectivity index (χ4n) is 2.07. The zero-order valence-corrected chi connectivity index (χ0v) is 13.9. The summed E-state index contributed by atoms with van der Waals surface area (Å²) in [6, 6.07) is 11.1. The highest BCUT2D eigenvalue weighted by Crippen LogP contribution is 2.33. The molecule has 0 saturated carbocycles. The zero-order chi connectivity index (χ0) is 18.0. The molecule has 3 aromatic rings. The lowest BCUT2D eigenvalue weighted by molar-refractivity contribution is -0.140. The van der Waals surface area contributed by atoms with E-state index < -0.39 is 17.7 Å². The van der Waals surface area contributed by atoms with Gasteiger partial charge in [0.15, 0.2) is 11.5 Å². The first-order valence-electron chi connectivity index (χ1n) is 6.93. The summed E-state index contributed by atoms with van der Waals surface area (Å²) in [5.41, 5.74) is 1.94. The maximum absolute atomic E-state index is 13.2. The van der Waals surface area contributed by atoms with E-state index in [4.69, 9.17) is 23.2 Å². The van der Waals surface area contributed by atoms with Gasteiger partial charge in [0.2, 0.25) is 0 Å². The van der Waals surface area contributed by atoms with Crippen LogP contribution in [0.4, 0.5) is 19.0 Å². The summed E-state index contributed by atoms with van der Waals surface area (Å²) in [5.74, 6) is -0.509. The number of hydrazone groups is 1. The summed E-state index contributed by atoms with van der Waals surface area (Å²) in [4.78, 5) is 7.58. The molecule has 25 heavy (non-hydrogen) atoms. The zero-order valence-electron chi connectivity index (χ0n) is 12.4. The Balaban J connectivity index is 1.99. The fraction of sp³-hybridized carbons (Fsp3) is 0.0625. The van der Waals surface area contributed by atoms with Crippen LogP contribution >= 0.6 is 23.2 Å². The summed E-state index contributed by atoms with van der Waals surface area (Å²) >= 11 is 12.0. The van der Waals surface area contributed by atoms with Gasteiger partial charge in [-0.3, -0.25) is 5.43 Å². The Morgan fingerprint density at radius 1 is 0.920 bits per heavy atom. The minimum Gasteiger partial charge on any atom is -0.260 e. The van der Waals surface area contributed by atoms with Crippen LogP contribution in [0.3, 0.4) is 0 Å². The number of fused-ring (bicyclic) bond motifs is 1. The molecule has 4 nitrogen and oxygen atoms in total. The van der Waals surface area contributed by atoms with Crippen molar-refractivity contribution in [1.29, 1.82) is 0 Å². The van der Waals surface area contributed by atoms with Crippen molar-refractivity contribution in [1.82, 2.24) is 9.97 Å². The third-order valence-electron chi connectivity index (χ3n) is 3.20. The maximum atomic E-state index is 13.2. The van der Waals surface area contributed by atoms with Gasteiger partial charge in [0.1, 0.15) is 0 Å². The highest BCUT2D eigenvalue weighted by molar-refractivity contribution is 6.38. The van der Waals surface area contributed by atoms with Gasteiger partial charge < -0.3 is 0 Å². The van der Waals surface area contributed by atoms with E-state index in [9.17, 15) is 13.2 Å². The van der Waals surface area contributed by atoms with Crippen LogP contribution in [0.15, 0.2) is 47.6 Å². The molecule has 0 aliphatic carbocycles. The van der Waals surface area contributed by atoms with Gasteiger partial charge in [-0.25, -0.2) is 9.97 Å². The minimum atomic E-state index is -4.68. The standard InChI is InChI=1S/C16H9Cl2F3N4/c17-10-4-3-5-11(18)9(10)8-22-25-15-14(16(19,20)21)23-12-6-1-2-7-13(12)24-15/h1-8H,(H,24,25)/b22-8+. The van der Waals surface area contributed by atoms with Crippen molar-refractivity contribution in [3.05, 3.63) is 63.8 Å². The molecule has 0 atom stereocenters. The van der Waals surface area contributed by atoms with E-state index in [-0.39, 0.29) is 5.52 Å². The second-order valence-electron chi connectivity index (χ2n) is 4.91. The summed E-state index contributed by atoms with van der Waals surface area (Å²) in [6.07, 6.45) is -3.46. The Morgan fingerprint density at radius 3 is 2.12 bits per heavy atom. The van der Waals surface area contributed by atoms with Crippen LogP contribution < -0.4 is 5.43 Å². The van der Waals surface area contributed by atoms with E-state index in [2.05, 4.69) is 20.5 Å². The average molecular weight is 385 g/mol. The van der Waals surface area contributed by atoms with Crippen LogP contribution in [0.5, 0.6) is 0 Å². The molecule has 2 aromatic carbocycles. The summed E-state index contributed by atoms with van der Waals surface area (Å²) in [7, 11) is 0. The number of nitrogens with one attached hydrogen (secondary N) is 1. The quantitative estimate of drug-likeness (QED) is 0.485. The number of alkyl halides is 3. The molecule has 3 rings (SSSR count). The van der Waals surface area contributed by atoms with E-state index >= 15 is 0 Å². The van der Waals surface area contributed by atoms with Crippen molar-refractivity contribution < 1.29 is 13.2 Å². The van der Waals surface area contributed by atoms with Gasteiger partial charge in [0.05, 0.1) is 27.3 Å². The van der Waals surface area contributed by atoms with Crippen molar-refractivity contribution >= 4 is 46.3 Å². The molecule has 0 bridgehead atoms. The smallest absolute Gasteiger partial charge is 0.260 e. The number of rotatable bonds is 3. The van der Waals surface area contributed by atoms with Gasteiger partial charge in [-0.2, -0.15) is 18.3 Å². The molecule has 0 aliphatic rings. The first-order chi connectivity index (χ1) is 11.9. The van der Waals surface area contributed by atoms with E-state index in [0.29, 0.717) is 21.1 Å². The Hall–Kier alpha value is -2.38. The topological polar surface area (TPSA) is 50.2 Å². The van der Waals surface area contributed by atoms with Crippen LogP contribution in [0.2, 0.25) is 10.0 Å². The number of nitrogens with zero attached hydrogens (tertiary/aromatic N) is 3. The van der Waals surface area contributed by atoms with Crippen LogP contribution in [0.25, 0.3) is 11.0 Å². The van der Waals surface area contributed by atoms with Crippen LogP contribution in [-0.2, 0) is 6.18 Å². The molecule has 128 valence electrons. The van der Waals surface area contributed by atoms with Crippen LogP contribution in [0, 0.1) is 0 Å². The largest absolute Gasteiger partial charge is 0.437 e. The van der Waals surface area contributed by atoms with Gasteiger partial charge in [0, 0.05) is 5.56 Å². The molecule has 0 fully saturated rings. The van der Waals surface area contributed by atoms with E-state index in [0.717, 1.165) is 0 Å². The third-order valence-corrected chi connectivity index (χ3v) is 3.86.